The minimum absolute atomic E-state index is 0.258. The summed E-state index contributed by atoms with van der Waals surface area (Å²) in [6.07, 6.45) is 5.49. The lowest BCUT2D eigenvalue weighted by Crippen LogP contribution is -1.97. The van der Waals surface area contributed by atoms with Crippen LogP contribution in [0.25, 0.3) is 6.08 Å². The zero-order chi connectivity index (χ0) is 18.0. The van der Waals surface area contributed by atoms with Crippen molar-refractivity contribution in [2.75, 3.05) is 7.11 Å². The van der Waals surface area contributed by atoms with Crippen molar-refractivity contribution in [1.82, 2.24) is 0 Å². The number of nitrogens with zero attached hydrogens (tertiary/aromatic N) is 1. The van der Waals surface area contributed by atoms with Crippen molar-refractivity contribution in [2.45, 2.75) is 6.10 Å². The van der Waals surface area contributed by atoms with Crippen molar-refractivity contribution in [3.05, 3.63) is 108 Å². The van der Waals surface area contributed by atoms with E-state index in [1.165, 1.54) is 0 Å². The average molecular weight is 343 g/mol. The molecule has 0 heterocycles. The summed E-state index contributed by atoms with van der Waals surface area (Å²) in [5.41, 5.74) is 3.12. The summed E-state index contributed by atoms with van der Waals surface area (Å²) in [4.78, 5) is 5.76. The van der Waals surface area contributed by atoms with Crippen LogP contribution in [0.3, 0.4) is 0 Å². The second-order valence-corrected chi connectivity index (χ2v) is 5.71. The first-order valence-corrected chi connectivity index (χ1v) is 8.46. The van der Waals surface area contributed by atoms with Crippen molar-refractivity contribution in [3.8, 4) is 5.75 Å². The van der Waals surface area contributed by atoms with E-state index < -0.39 is 0 Å². The van der Waals surface area contributed by atoms with Gasteiger partial charge in [0.05, 0.1) is 13.3 Å². The normalized spacial score (nSPS) is 12.3. The monoisotopic (exact) mass is 343 g/mol. The number of oxime groups is 1. The summed E-state index contributed by atoms with van der Waals surface area (Å²) in [5, 5.41) is 4.17. The lowest BCUT2D eigenvalue weighted by Gasteiger charge is -2.11. The Hall–Kier alpha value is -3.33. The molecule has 0 aliphatic heterocycles. The number of hydrogen-bond acceptors (Lipinski definition) is 3. The number of methoxy groups -OCH3 is 1. The predicted molar refractivity (Wildman–Crippen MR) is 106 cm³/mol. The van der Waals surface area contributed by atoms with E-state index in [0.717, 1.165) is 22.4 Å². The second-order valence-electron chi connectivity index (χ2n) is 5.71. The van der Waals surface area contributed by atoms with Gasteiger partial charge in [-0.2, -0.15) is 0 Å². The molecule has 0 saturated heterocycles. The molecule has 3 heteroatoms. The minimum atomic E-state index is -0.258. The number of hydrogen-bond donors (Lipinski definition) is 0. The molecule has 0 radical (unpaired) electrons. The molecular weight excluding hydrogens is 322 g/mol. The topological polar surface area (TPSA) is 30.8 Å². The first-order chi connectivity index (χ1) is 12.8. The Morgan fingerprint density at radius 1 is 0.769 bits per heavy atom. The Morgan fingerprint density at radius 3 is 2.08 bits per heavy atom. The molecular formula is C23H21NO2. The Morgan fingerprint density at radius 2 is 1.42 bits per heavy atom. The fourth-order valence-corrected chi connectivity index (χ4v) is 2.46. The maximum atomic E-state index is 5.76. The number of benzene rings is 3. The van der Waals surface area contributed by atoms with Crippen molar-refractivity contribution < 1.29 is 9.57 Å². The van der Waals surface area contributed by atoms with Crippen LogP contribution < -0.4 is 4.74 Å². The first-order valence-electron chi connectivity index (χ1n) is 8.46. The van der Waals surface area contributed by atoms with Gasteiger partial charge in [-0.15, -0.1) is 0 Å². The van der Waals surface area contributed by atoms with E-state index in [2.05, 4.69) is 17.3 Å². The van der Waals surface area contributed by atoms with Gasteiger partial charge in [0, 0.05) is 0 Å². The van der Waals surface area contributed by atoms with Crippen molar-refractivity contribution >= 4 is 12.3 Å². The van der Waals surface area contributed by atoms with Crippen molar-refractivity contribution in [1.29, 1.82) is 0 Å². The van der Waals surface area contributed by atoms with Gasteiger partial charge >= 0.3 is 0 Å². The third-order valence-electron chi connectivity index (χ3n) is 3.88. The van der Waals surface area contributed by atoms with Gasteiger partial charge in [-0.1, -0.05) is 71.9 Å². The van der Waals surface area contributed by atoms with E-state index in [-0.39, 0.29) is 6.10 Å². The molecule has 0 N–H and O–H groups in total. The van der Waals surface area contributed by atoms with Gasteiger partial charge in [-0.25, -0.2) is 0 Å². The molecule has 26 heavy (non-hydrogen) atoms. The van der Waals surface area contributed by atoms with Crippen LogP contribution in [-0.4, -0.2) is 13.3 Å². The van der Waals surface area contributed by atoms with Crippen LogP contribution in [0.4, 0.5) is 0 Å². The van der Waals surface area contributed by atoms with Gasteiger partial charge in [0.25, 0.3) is 0 Å². The summed E-state index contributed by atoms with van der Waals surface area (Å²) >= 11 is 0. The van der Waals surface area contributed by atoms with Crippen molar-refractivity contribution in [2.24, 2.45) is 5.16 Å². The molecule has 3 aromatic carbocycles. The highest BCUT2D eigenvalue weighted by molar-refractivity contribution is 5.79. The van der Waals surface area contributed by atoms with E-state index in [0.29, 0.717) is 0 Å². The Bertz CT molecular complexity index is 840. The van der Waals surface area contributed by atoms with E-state index in [1.54, 1.807) is 13.3 Å². The lowest BCUT2D eigenvalue weighted by molar-refractivity contribution is 0.0948. The fourth-order valence-electron chi connectivity index (χ4n) is 2.46. The quantitative estimate of drug-likeness (QED) is 0.419. The van der Waals surface area contributed by atoms with Gasteiger partial charge in [-0.3, -0.25) is 0 Å². The van der Waals surface area contributed by atoms with Gasteiger partial charge in [0.1, 0.15) is 5.75 Å². The van der Waals surface area contributed by atoms with Gasteiger partial charge in [-0.05, 0) is 47.0 Å². The average Bonchev–Trinajstić information content (AvgIpc) is 2.72. The van der Waals surface area contributed by atoms with Gasteiger partial charge < -0.3 is 9.57 Å². The smallest absolute Gasteiger partial charge is 0.171 e. The third-order valence-corrected chi connectivity index (χ3v) is 3.88. The largest absolute Gasteiger partial charge is 0.497 e. The highest BCUT2D eigenvalue weighted by Crippen LogP contribution is 2.20. The molecule has 130 valence electrons. The summed E-state index contributed by atoms with van der Waals surface area (Å²) in [6.45, 7) is 0. The summed E-state index contributed by atoms with van der Waals surface area (Å²) in [6, 6.07) is 27.8. The highest BCUT2D eigenvalue weighted by Gasteiger charge is 2.08. The molecule has 0 bridgehead atoms. The summed E-state index contributed by atoms with van der Waals surface area (Å²) < 4.78 is 5.16. The second kappa shape index (κ2) is 9.23. The Kier molecular flexibility index (Phi) is 6.21. The molecule has 0 spiro atoms. The van der Waals surface area contributed by atoms with E-state index in [9.17, 15) is 0 Å². The zero-order valence-corrected chi connectivity index (χ0v) is 14.7. The molecule has 3 rings (SSSR count). The summed E-state index contributed by atoms with van der Waals surface area (Å²) in [7, 11) is 1.65. The molecule has 3 aromatic rings. The third kappa shape index (κ3) is 5.08. The van der Waals surface area contributed by atoms with Crippen LogP contribution in [0.2, 0.25) is 0 Å². The van der Waals surface area contributed by atoms with Crippen LogP contribution >= 0.6 is 0 Å². The standard InChI is InChI=1S/C23H21NO2/c1-25-22-15-12-20(13-16-22)18-24-26-23(21-10-6-3-7-11-21)17-14-19-8-4-2-5-9-19/h2-18,23H,1H3/b17-14+,24-18+. The van der Waals surface area contributed by atoms with Crippen LogP contribution in [0.15, 0.2) is 96.2 Å². The zero-order valence-electron chi connectivity index (χ0n) is 14.7. The Labute approximate surface area is 154 Å². The molecule has 3 nitrogen and oxygen atoms in total. The van der Waals surface area contributed by atoms with Crippen molar-refractivity contribution in [3.63, 3.8) is 0 Å². The van der Waals surface area contributed by atoms with E-state index in [1.807, 2.05) is 84.9 Å². The molecule has 1 unspecified atom stereocenters. The van der Waals surface area contributed by atoms with Crippen LogP contribution in [0.1, 0.15) is 22.8 Å². The molecule has 0 aliphatic carbocycles. The molecule has 0 aromatic heterocycles. The van der Waals surface area contributed by atoms with Gasteiger partial charge in [0.2, 0.25) is 0 Å². The van der Waals surface area contributed by atoms with Crippen LogP contribution in [0, 0.1) is 0 Å². The summed E-state index contributed by atoms with van der Waals surface area (Å²) in [5.74, 6) is 0.816. The minimum Gasteiger partial charge on any atom is -0.497 e. The maximum absolute atomic E-state index is 5.76. The van der Waals surface area contributed by atoms with Crippen LogP contribution in [-0.2, 0) is 4.84 Å². The van der Waals surface area contributed by atoms with E-state index in [4.69, 9.17) is 9.57 Å². The fraction of sp³-hybridized carbons (Fsp3) is 0.0870. The maximum Gasteiger partial charge on any atom is 0.171 e. The predicted octanol–water partition coefficient (Wildman–Crippen LogP) is 5.50. The molecule has 0 amide bonds. The number of ether oxygens (including phenoxy) is 1. The van der Waals surface area contributed by atoms with Gasteiger partial charge in [0.15, 0.2) is 6.10 Å². The molecule has 1 atom stereocenters. The van der Waals surface area contributed by atoms with Crippen LogP contribution in [0.5, 0.6) is 5.75 Å². The highest BCUT2D eigenvalue weighted by atomic mass is 16.6. The SMILES string of the molecule is COc1ccc(/C=N/OC(/C=C/c2ccccc2)c2ccccc2)cc1. The van der Waals surface area contributed by atoms with E-state index >= 15 is 0 Å². The number of rotatable bonds is 7. The molecule has 0 saturated carbocycles. The Balaban J connectivity index is 1.73. The molecule has 0 aliphatic rings. The molecule has 0 fully saturated rings. The first kappa shape index (κ1) is 17.5. The lowest BCUT2D eigenvalue weighted by atomic mass is 10.1.